The van der Waals surface area contributed by atoms with Gasteiger partial charge in [0.2, 0.25) is 5.91 Å². The lowest BCUT2D eigenvalue weighted by atomic mass is 10.1. The van der Waals surface area contributed by atoms with Crippen LogP contribution in [0.15, 0.2) is 60.7 Å². The molecule has 0 bridgehead atoms. The Hall–Kier alpha value is -3.92. The van der Waals surface area contributed by atoms with Crippen LogP contribution in [-0.2, 0) is 4.79 Å². The van der Waals surface area contributed by atoms with Crippen molar-refractivity contribution in [3.63, 3.8) is 0 Å². The van der Waals surface area contributed by atoms with Crippen molar-refractivity contribution in [2.45, 2.75) is 12.8 Å². The van der Waals surface area contributed by atoms with Crippen LogP contribution < -0.4 is 16.4 Å². The second-order valence-corrected chi connectivity index (χ2v) is 6.38. The number of aromatic nitrogens is 1. The van der Waals surface area contributed by atoms with Crippen LogP contribution >= 0.6 is 0 Å². The Morgan fingerprint density at radius 1 is 1.10 bits per heavy atom. The topological polar surface area (TPSA) is 104 Å². The molecule has 3 rings (SSSR count). The molecule has 0 aliphatic heterocycles. The van der Waals surface area contributed by atoms with E-state index in [4.69, 9.17) is 5.73 Å². The summed E-state index contributed by atoms with van der Waals surface area (Å²) in [5.74, 6) is -0.0310. The number of carbonyl (C=O) groups excluding carboxylic acids is 1. The molecule has 1 heterocycles. The molecular formula is C22H20FN5O. The summed E-state index contributed by atoms with van der Waals surface area (Å²) < 4.78 is 13.1. The zero-order chi connectivity index (χ0) is 20.6. The molecule has 3 aromatic rings. The number of pyridine rings is 1. The number of para-hydroxylation sites is 2. The number of hydrogen-bond donors (Lipinski definition) is 3. The maximum absolute atomic E-state index is 13.1. The zero-order valence-electron chi connectivity index (χ0n) is 15.7. The van der Waals surface area contributed by atoms with Gasteiger partial charge in [0.1, 0.15) is 17.7 Å². The molecule has 0 aliphatic rings. The molecule has 0 radical (unpaired) electrons. The minimum absolute atomic E-state index is 0.141. The summed E-state index contributed by atoms with van der Waals surface area (Å²) in [6.07, 6.45) is 0.840. The van der Waals surface area contributed by atoms with Crippen LogP contribution in [0.4, 0.5) is 21.6 Å². The van der Waals surface area contributed by atoms with Crippen molar-refractivity contribution in [3.05, 3.63) is 72.0 Å². The van der Waals surface area contributed by atoms with E-state index >= 15 is 0 Å². The van der Waals surface area contributed by atoms with Gasteiger partial charge in [-0.3, -0.25) is 4.79 Å². The van der Waals surface area contributed by atoms with Crippen molar-refractivity contribution in [2.75, 3.05) is 22.9 Å². The van der Waals surface area contributed by atoms with Crippen molar-refractivity contribution in [1.82, 2.24) is 4.98 Å². The smallest absolute Gasteiger partial charge is 0.224 e. The van der Waals surface area contributed by atoms with E-state index in [9.17, 15) is 14.4 Å². The highest BCUT2D eigenvalue weighted by atomic mass is 19.1. The predicted octanol–water partition coefficient (Wildman–Crippen LogP) is 4.17. The third-order valence-electron chi connectivity index (χ3n) is 4.26. The number of anilines is 3. The number of nitrogens with two attached hydrogens (primary N) is 1. The molecule has 146 valence electrons. The Morgan fingerprint density at radius 2 is 1.86 bits per heavy atom. The van der Waals surface area contributed by atoms with Crippen molar-refractivity contribution in [1.29, 1.82) is 5.26 Å². The molecule has 6 nitrogen and oxygen atoms in total. The summed E-state index contributed by atoms with van der Waals surface area (Å²) in [5.41, 5.74) is 8.70. The number of amides is 1. The number of rotatable bonds is 7. The Morgan fingerprint density at radius 3 is 2.59 bits per heavy atom. The predicted molar refractivity (Wildman–Crippen MR) is 112 cm³/mol. The van der Waals surface area contributed by atoms with E-state index in [1.165, 1.54) is 12.1 Å². The fourth-order valence-corrected chi connectivity index (χ4v) is 2.74. The molecule has 7 heteroatoms. The quantitative estimate of drug-likeness (QED) is 0.416. The van der Waals surface area contributed by atoms with E-state index in [1.807, 2.05) is 0 Å². The van der Waals surface area contributed by atoms with Crippen LogP contribution in [0.3, 0.4) is 0 Å². The van der Waals surface area contributed by atoms with Gasteiger partial charge < -0.3 is 16.4 Å². The maximum Gasteiger partial charge on any atom is 0.224 e. The first kappa shape index (κ1) is 19.8. The summed E-state index contributed by atoms with van der Waals surface area (Å²) in [6, 6.07) is 18.5. The van der Waals surface area contributed by atoms with Gasteiger partial charge in [-0.25, -0.2) is 9.37 Å². The number of hydrogen-bond acceptors (Lipinski definition) is 5. The van der Waals surface area contributed by atoms with Crippen molar-refractivity contribution in [2.24, 2.45) is 0 Å². The highest BCUT2D eigenvalue weighted by molar-refractivity contribution is 5.93. The molecule has 0 saturated heterocycles. The number of nitrogens with one attached hydrogen (secondary N) is 2. The molecule has 0 saturated carbocycles. The highest BCUT2D eigenvalue weighted by Gasteiger charge is 2.09. The van der Waals surface area contributed by atoms with Gasteiger partial charge in [0.05, 0.1) is 22.6 Å². The fraction of sp³-hybridized carbons (Fsp3) is 0.136. The van der Waals surface area contributed by atoms with Crippen LogP contribution in [0.25, 0.3) is 11.3 Å². The monoisotopic (exact) mass is 389 g/mol. The van der Waals surface area contributed by atoms with Crippen LogP contribution in [0.2, 0.25) is 0 Å². The number of nitriles is 1. The first-order valence-corrected chi connectivity index (χ1v) is 9.12. The standard InChI is InChI=1S/C22H20FN5O/c23-17-10-7-15(8-11-17)19-12-9-16(14-24)22(28-19)26-13-3-6-21(29)27-20-5-2-1-4-18(20)25/h1-2,4-5,7-12H,3,6,13,25H2,(H,26,28)(H,27,29). The maximum atomic E-state index is 13.1. The van der Waals surface area contributed by atoms with Crippen LogP contribution in [0.1, 0.15) is 18.4 Å². The molecule has 29 heavy (non-hydrogen) atoms. The first-order chi connectivity index (χ1) is 14.1. The molecule has 2 aromatic carbocycles. The number of carbonyl (C=O) groups is 1. The van der Waals surface area contributed by atoms with Crippen molar-refractivity contribution < 1.29 is 9.18 Å². The van der Waals surface area contributed by atoms with E-state index in [0.717, 1.165) is 5.56 Å². The SMILES string of the molecule is N#Cc1ccc(-c2ccc(F)cc2)nc1NCCCC(=O)Nc1ccccc1N. The van der Waals surface area contributed by atoms with Crippen LogP contribution in [0.5, 0.6) is 0 Å². The summed E-state index contributed by atoms with van der Waals surface area (Å²) in [4.78, 5) is 16.5. The van der Waals surface area contributed by atoms with Gasteiger partial charge in [0.25, 0.3) is 0 Å². The van der Waals surface area contributed by atoms with Gasteiger partial charge in [-0.1, -0.05) is 12.1 Å². The zero-order valence-corrected chi connectivity index (χ0v) is 15.7. The first-order valence-electron chi connectivity index (χ1n) is 9.12. The molecule has 1 aromatic heterocycles. The van der Waals surface area contributed by atoms with E-state index in [0.29, 0.717) is 47.8 Å². The van der Waals surface area contributed by atoms with Crippen molar-refractivity contribution >= 4 is 23.1 Å². The average molecular weight is 389 g/mol. The molecule has 1 amide bonds. The fourth-order valence-electron chi connectivity index (χ4n) is 2.74. The van der Waals surface area contributed by atoms with Gasteiger partial charge in [0.15, 0.2) is 0 Å². The van der Waals surface area contributed by atoms with E-state index in [-0.39, 0.29) is 11.7 Å². The molecule has 0 atom stereocenters. The van der Waals surface area contributed by atoms with Gasteiger partial charge in [-0.05, 0) is 55.0 Å². The summed E-state index contributed by atoms with van der Waals surface area (Å²) in [7, 11) is 0. The van der Waals surface area contributed by atoms with E-state index < -0.39 is 0 Å². The Bertz CT molecular complexity index is 1040. The third-order valence-corrected chi connectivity index (χ3v) is 4.26. The summed E-state index contributed by atoms with van der Waals surface area (Å²) >= 11 is 0. The molecule has 4 N–H and O–H groups in total. The van der Waals surface area contributed by atoms with Gasteiger partial charge in [-0.15, -0.1) is 0 Å². The van der Waals surface area contributed by atoms with E-state index in [1.54, 1.807) is 48.5 Å². The third kappa shape index (κ3) is 5.30. The van der Waals surface area contributed by atoms with Crippen LogP contribution in [-0.4, -0.2) is 17.4 Å². The molecule has 0 fully saturated rings. The molecule has 0 aliphatic carbocycles. The molecular weight excluding hydrogens is 369 g/mol. The lowest BCUT2D eigenvalue weighted by molar-refractivity contribution is -0.116. The number of nitrogen functional groups attached to an aromatic ring is 1. The molecule has 0 spiro atoms. The lowest BCUT2D eigenvalue weighted by Gasteiger charge is -2.10. The largest absolute Gasteiger partial charge is 0.397 e. The summed E-state index contributed by atoms with van der Waals surface area (Å²) in [5, 5.41) is 15.2. The second kappa shape index (κ2) is 9.33. The van der Waals surface area contributed by atoms with Gasteiger partial charge in [0, 0.05) is 18.5 Å². The van der Waals surface area contributed by atoms with Gasteiger partial charge in [-0.2, -0.15) is 5.26 Å². The minimum Gasteiger partial charge on any atom is -0.397 e. The normalized spacial score (nSPS) is 10.2. The second-order valence-electron chi connectivity index (χ2n) is 6.38. The Kier molecular flexibility index (Phi) is 6.38. The lowest BCUT2D eigenvalue weighted by Crippen LogP contribution is -2.15. The molecule has 0 unspecified atom stereocenters. The number of halogens is 1. The Balaban J connectivity index is 1.58. The Labute approximate surface area is 168 Å². The van der Waals surface area contributed by atoms with Crippen LogP contribution in [0, 0.1) is 17.1 Å². The minimum atomic E-state index is -0.323. The average Bonchev–Trinajstić information content (AvgIpc) is 2.73. The van der Waals surface area contributed by atoms with E-state index in [2.05, 4.69) is 21.7 Å². The number of benzene rings is 2. The van der Waals surface area contributed by atoms with Crippen molar-refractivity contribution in [3.8, 4) is 17.3 Å². The number of nitrogens with zero attached hydrogens (tertiary/aromatic N) is 2. The van der Waals surface area contributed by atoms with Gasteiger partial charge >= 0.3 is 0 Å². The highest BCUT2D eigenvalue weighted by Crippen LogP contribution is 2.22. The summed E-state index contributed by atoms with van der Waals surface area (Å²) in [6.45, 7) is 0.465.